The minimum Gasteiger partial charge on any atom is -0.388 e. The fourth-order valence-corrected chi connectivity index (χ4v) is 1.56. The lowest BCUT2D eigenvalue weighted by Crippen LogP contribution is -2.62. The van der Waals surface area contributed by atoms with Crippen molar-refractivity contribution in [1.82, 2.24) is 0 Å². The van der Waals surface area contributed by atoms with Gasteiger partial charge < -0.3 is 25.2 Å². The molecule has 0 aromatic rings. The van der Waals surface area contributed by atoms with Gasteiger partial charge in [-0.3, -0.25) is 0 Å². The second kappa shape index (κ2) is 4.75. The maximum absolute atomic E-state index is 9.61. The summed E-state index contributed by atoms with van der Waals surface area (Å²) in [5.41, 5.74) is 0. The molecule has 0 bridgehead atoms. The first kappa shape index (κ1) is 14.1. The molecule has 0 aromatic heterocycles. The molecule has 96 valence electrons. The maximum atomic E-state index is 9.61. The zero-order valence-electron chi connectivity index (χ0n) is 8.04. The molecule has 1 saturated heterocycles. The fraction of sp³-hybridized carbons (Fsp3) is 1.00. The summed E-state index contributed by atoms with van der Waals surface area (Å²) < 4.78 is 8.69. The van der Waals surface area contributed by atoms with E-state index in [1.54, 1.807) is 0 Å². The van der Waals surface area contributed by atoms with Gasteiger partial charge in [0.2, 0.25) is 5.79 Å². The molecule has 9 nitrogen and oxygen atoms in total. The van der Waals surface area contributed by atoms with E-state index in [-0.39, 0.29) is 0 Å². The van der Waals surface area contributed by atoms with E-state index in [0.29, 0.717) is 0 Å². The first-order chi connectivity index (χ1) is 7.16. The van der Waals surface area contributed by atoms with E-state index in [2.05, 4.69) is 9.26 Å². The zero-order valence-corrected chi connectivity index (χ0v) is 8.93. The molecule has 16 heavy (non-hydrogen) atoms. The van der Waals surface area contributed by atoms with Crippen LogP contribution < -0.4 is 0 Å². The smallest absolute Gasteiger partial charge is 0.388 e. The Morgan fingerprint density at radius 3 is 2.31 bits per heavy atom. The Bertz CT molecular complexity index is 243. The van der Waals surface area contributed by atoms with Crippen LogP contribution in [0.25, 0.3) is 0 Å². The van der Waals surface area contributed by atoms with Crippen LogP contribution in [0, 0.1) is 0 Å². The molecule has 1 rings (SSSR count). The molecular formula is C6H14O9P+. The Kier molecular flexibility index (Phi) is 4.19. The number of aliphatic hydroxyl groups is 4. The van der Waals surface area contributed by atoms with Crippen LogP contribution in [0.1, 0.15) is 0 Å². The van der Waals surface area contributed by atoms with Crippen molar-refractivity contribution < 1.29 is 44.4 Å². The second-order valence-electron chi connectivity index (χ2n) is 3.45. The molecule has 10 heteroatoms. The van der Waals surface area contributed by atoms with Crippen molar-refractivity contribution in [3.8, 4) is 0 Å². The van der Waals surface area contributed by atoms with Crippen molar-refractivity contribution in [2.75, 3.05) is 13.2 Å². The fourth-order valence-electron chi connectivity index (χ4n) is 1.20. The summed E-state index contributed by atoms with van der Waals surface area (Å²) in [6.45, 7) is -1.46. The third kappa shape index (κ3) is 3.28. The molecular weight excluding hydrogens is 247 g/mol. The summed E-state index contributed by atoms with van der Waals surface area (Å²) in [4.78, 5) is 25.5. The van der Waals surface area contributed by atoms with Crippen LogP contribution >= 0.6 is 8.17 Å². The highest BCUT2D eigenvalue weighted by atomic mass is 31.2. The maximum Gasteiger partial charge on any atom is 0.567 e. The third-order valence-electron chi connectivity index (χ3n) is 2.13. The summed E-state index contributed by atoms with van der Waals surface area (Å²) in [7, 11) is -4.58. The van der Waals surface area contributed by atoms with Gasteiger partial charge in [0.15, 0.2) is 6.61 Å². The predicted octanol–water partition coefficient (Wildman–Crippen LogP) is -3.54. The molecule has 1 heterocycles. The summed E-state index contributed by atoms with van der Waals surface area (Å²) in [6, 6.07) is 0. The number of hydrogen-bond acceptors (Lipinski definition) is 9. The molecule has 0 spiro atoms. The average Bonchev–Trinajstić information content (AvgIpc) is 2.18. The molecule has 0 aliphatic carbocycles. The molecule has 0 aromatic carbocycles. The molecule has 0 amide bonds. The van der Waals surface area contributed by atoms with Crippen molar-refractivity contribution >= 4 is 8.17 Å². The number of aliphatic hydroxyl groups excluding tert-OH is 3. The number of hydrogen-bond donors (Lipinski definition) is 7. The van der Waals surface area contributed by atoms with Gasteiger partial charge >= 0.3 is 8.17 Å². The van der Waals surface area contributed by atoms with E-state index in [9.17, 15) is 15.3 Å². The molecule has 4 atom stereocenters. The SMILES string of the molecule is O[C@@H]1[C@H](O)CO[C@](O)(CO[P+](O)(O)O)[C@H]1O. The standard InChI is InChI=1S/C6H14O9P/c7-3-1-14-6(10,5(9)4(3)8)2-15-16(11,12)13/h3-5,7-13H,1-2H2/q+1/t3-,4-,5+,6-/m1/s1. The predicted molar refractivity (Wildman–Crippen MR) is 48.5 cm³/mol. The van der Waals surface area contributed by atoms with Crippen LogP contribution in [0.3, 0.4) is 0 Å². The van der Waals surface area contributed by atoms with E-state index in [1.807, 2.05) is 0 Å². The Morgan fingerprint density at radius 1 is 1.25 bits per heavy atom. The lowest BCUT2D eigenvalue weighted by Gasteiger charge is -2.40. The van der Waals surface area contributed by atoms with Gasteiger partial charge in [-0.2, -0.15) is 14.7 Å². The topological polar surface area (TPSA) is 160 Å². The lowest BCUT2D eigenvalue weighted by molar-refractivity contribution is -0.330. The highest BCUT2D eigenvalue weighted by molar-refractivity contribution is 7.53. The Morgan fingerprint density at radius 2 is 1.81 bits per heavy atom. The Balaban J connectivity index is 2.63. The average molecular weight is 261 g/mol. The van der Waals surface area contributed by atoms with Crippen LogP contribution in [-0.2, 0) is 9.26 Å². The van der Waals surface area contributed by atoms with Gasteiger partial charge in [0.05, 0.1) is 6.61 Å². The first-order valence-electron chi connectivity index (χ1n) is 4.28. The molecule has 1 aliphatic heterocycles. The van der Waals surface area contributed by atoms with Crippen molar-refractivity contribution in [3.05, 3.63) is 0 Å². The van der Waals surface area contributed by atoms with Crippen molar-refractivity contribution in [3.63, 3.8) is 0 Å². The second-order valence-corrected chi connectivity index (χ2v) is 4.73. The van der Waals surface area contributed by atoms with E-state index >= 15 is 0 Å². The summed E-state index contributed by atoms with van der Waals surface area (Å²) in [5.74, 6) is -2.43. The van der Waals surface area contributed by atoms with E-state index in [0.717, 1.165) is 0 Å². The molecule has 1 fully saturated rings. The van der Waals surface area contributed by atoms with Gasteiger partial charge in [-0.05, 0) is 0 Å². The third-order valence-corrected chi connectivity index (χ3v) is 2.60. The quantitative estimate of drug-likeness (QED) is 0.255. The van der Waals surface area contributed by atoms with Crippen LogP contribution in [0.5, 0.6) is 0 Å². The van der Waals surface area contributed by atoms with Crippen LogP contribution in [0.4, 0.5) is 0 Å². The Labute approximate surface area is 90.8 Å². The normalized spacial score (nSPS) is 41.1. The summed E-state index contributed by atoms with van der Waals surface area (Å²) >= 11 is 0. The highest BCUT2D eigenvalue weighted by Gasteiger charge is 2.51. The minimum absolute atomic E-state index is 0.480. The first-order valence-corrected chi connectivity index (χ1v) is 5.84. The molecule has 0 radical (unpaired) electrons. The summed E-state index contributed by atoms with van der Waals surface area (Å²) in [6.07, 6.45) is -4.97. The van der Waals surface area contributed by atoms with E-state index in [4.69, 9.17) is 19.8 Å². The van der Waals surface area contributed by atoms with Gasteiger partial charge in [0.1, 0.15) is 18.3 Å². The van der Waals surface area contributed by atoms with Crippen molar-refractivity contribution in [2.24, 2.45) is 0 Å². The van der Waals surface area contributed by atoms with Gasteiger partial charge in [-0.25, -0.2) is 0 Å². The minimum atomic E-state index is -4.58. The van der Waals surface area contributed by atoms with E-state index < -0.39 is 45.5 Å². The zero-order chi connectivity index (χ0) is 12.6. The molecule has 0 unspecified atom stereocenters. The van der Waals surface area contributed by atoms with Crippen LogP contribution in [0.2, 0.25) is 0 Å². The monoisotopic (exact) mass is 261 g/mol. The lowest BCUT2D eigenvalue weighted by atomic mass is 9.98. The van der Waals surface area contributed by atoms with Crippen LogP contribution in [0.15, 0.2) is 0 Å². The van der Waals surface area contributed by atoms with Crippen molar-refractivity contribution in [2.45, 2.75) is 24.1 Å². The molecule has 1 aliphatic rings. The molecule has 0 saturated carbocycles. The Hall–Kier alpha value is 0.0700. The van der Waals surface area contributed by atoms with Gasteiger partial charge in [0, 0.05) is 0 Å². The number of rotatable bonds is 3. The van der Waals surface area contributed by atoms with E-state index in [1.165, 1.54) is 0 Å². The highest BCUT2D eigenvalue weighted by Crippen LogP contribution is 2.46. The van der Waals surface area contributed by atoms with Crippen molar-refractivity contribution in [1.29, 1.82) is 0 Å². The van der Waals surface area contributed by atoms with Crippen LogP contribution in [-0.4, -0.2) is 72.4 Å². The largest absolute Gasteiger partial charge is 0.567 e. The van der Waals surface area contributed by atoms with Gasteiger partial charge in [0.25, 0.3) is 0 Å². The number of ether oxygens (including phenoxy) is 1. The summed E-state index contributed by atoms with van der Waals surface area (Å²) in [5, 5.41) is 37.3. The van der Waals surface area contributed by atoms with Gasteiger partial charge in [-0.15, -0.1) is 4.52 Å². The molecule has 7 N–H and O–H groups in total. The van der Waals surface area contributed by atoms with Gasteiger partial charge in [-0.1, -0.05) is 0 Å².